The van der Waals surface area contributed by atoms with Crippen molar-refractivity contribution in [3.05, 3.63) is 18.2 Å². The molecule has 2 amide bonds. The Morgan fingerprint density at radius 2 is 2.08 bits per heavy atom. The van der Waals surface area contributed by atoms with Gasteiger partial charge in [0, 0.05) is 49.8 Å². The molecule has 2 bridgehead atoms. The van der Waals surface area contributed by atoms with Gasteiger partial charge in [-0.3, -0.25) is 9.59 Å². The highest BCUT2D eigenvalue weighted by atomic mass is 16.2. The van der Waals surface area contributed by atoms with E-state index in [1.54, 1.807) is 13.1 Å². The third-order valence-corrected chi connectivity index (χ3v) is 6.78. The molecule has 1 aromatic heterocycles. The first-order chi connectivity index (χ1) is 12.0. The zero-order valence-corrected chi connectivity index (χ0v) is 15.4. The summed E-state index contributed by atoms with van der Waals surface area (Å²) in [4.78, 5) is 33.9. The van der Waals surface area contributed by atoms with Crippen LogP contribution in [0.2, 0.25) is 0 Å². The maximum absolute atomic E-state index is 13.2. The Morgan fingerprint density at radius 3 is 2.80 bits per heavy atom. The van der Waals surface area contributed by atoms with Crippen molar-refractivity contribution in [3.63, 3.8) is 0 Å². The van der Waals surface area contributed by atoms with Crippen LogP contribution in [0.3, 0.4) is 0 Å². The molecule has 0 spiro atoms. The SMILES string of the molecule is CCc1nccn1CC(=O)N1[C@@H]2CN(C(C)=O)[C@@H]3CCC[C@H]1[C@]3(C)C2. The summed E-state index contributed by atoms with van der Waals surface area (Å²) in [5.74, 6) is 1.28. The maximum atomic E-state index is 13.2. The number of carbonyl (C=O) groups is 2. The van der Waals surface area contributed by atoms with Crippen LogP contribution < -0.4 is 0 Å². The monoisotopic (exact) mass is 344 g/mol. The largest absolute Gasteiger partial charge is 0.337 e. The minimum absolute atomic E-state index is 0.0466. The highest BCUT2D eigenvalue weighted by Crippen LogP contribution is 2.54. The van der Waals surface area contributed by atoms with E-state index in [-0.39, 0.29) is 35.4 Å². The third kappa shape index (κ3) is 2.41. The van der Waals surface area contributed by atoms with Crippen molar-refractivity contribution in [2.75, 3.05) is 6.54 Å². The van der Waals surface area contributed by atoms with E-state index in [1.807, 2.05) is 15.7 Å². The molecule has 3 aliphatic rings. The number of aromatic nitrogens is 2. The average molecular weight is 344 g/mol. The lowest BCUT2D eigenvalue weighted by Gasteiger charge is -2.49. The fraction of sp³-hybridized carbons (Fsp3) is 0.737. The first-order valence-electron chi connectivity index (χ1n) is 9.54. The van der Waals surface area contributed by atoms with Gasteiger partial charge in [-0.05, 0) is 25.7 Å². The lowest BCUT2D eigenvalue weighted by molar-refractivity contribution is -0.137. The first-order valence-corrected chi connectivity index (χ1v) is 9.54. The van der Waals surface area contributed by atoms with Gasteiger partial charge in [-0.15, -0.1) is 0 Å². The molecule has 2 aliphatic heterocycles. The van der Waals surface area contributed by atoms with Crippen LogP contribution in [0.15, 0.2) is 12.4 Å². The van der Waals surface area contributed by atoms with E-state index >= 15 is 0 Å². The fourth-order valence-corrected chi connectivity index (χ4v) is 5.75. The summed E-state index contributed by atoms with van der Waals surface area (Å²) in [5.41, 5.74) is 0.0466. The molecule has 136 valence electrons. The Balaban J connectivity index is 1.62. The fourth-order valence-electron chi connectivity index (χ4n) is 5.75. The van der Waals surface area contributed by atoms with Crippen molar-refractivity contribution in [1.82, 2.24) is 19.4 Å². The molecular weight excluding hydrogens is 316 g/mol. The highest BCUT2D eigenvalue weighted by Gasteiger charge is 2.61. The van der Waals surface area contributed by atoms with Gasteiger partial charge in [-0.25, -0.2) is 4.98 Å². The molecule has 0 aromatic carbocycles. The molecule has 4 atom stereocenters. The predicted octanol–water partition coefficient (Wildman–Crippen LogP) is 1.84. The van der Waals surface area contributed by atoms with Crippen LogP contribution in [0.25, 0.3) is 0 Å². The minimum atomic E-state index is 0.0466. The number of fused-ring (bicyclic) bond motifs is 1. The Labute approximate surface area is 149 Å². The van der Waals surface area contributed by atoms with E-state index in [0.29, 0.717) is 13.1 Å². The lowest BCUT2D eigenvalue weighted by Crippen LogP contribution is -2.57. The zero-order valence-electron chi connectivity index (χ0n) is 15.4. The molecule has 3 heterocycles. The van der Waals surface area contributed by atoms with Crippen LogP contribution in [-0.2, 0) is 22.6 Å². The van der Waals surface area contributed by atoms with Crippen LogP contribution >= 0.6 is 0 Å². The maximum Gasteiger partial charge on any atom is 0.243 e. The van der Waals surface area contributed by atoms with Crippen LogP contribution in [0.5, 0.6) is 0 Å². The normalized spacial score (nSPS) is 33.6. The van der Waals surface area contributed by atoms with E-state index < -0.39 is 0 Å². The number of rotatable bonds is 3. The molecule has 0 N–H and O–H groups in total. The van der Waals surface area contributed by atoms with E-state index in [0.717, 1.165) is 37.9 Å². The number of imidazole rings is 1. The van der Waals surface area contributed by atoms with E-state index in [9.17, 15) is 9.59 Å². The average Bonchev–Trinajstić information content (AvgIpc) is 3.12. The number of nitrogens with zero attached hydrogens (tertiary/aromatic N) is 4. The zero-order chi connectivity index (χ0) is 17.8. The van der Waals surface area contributed by atoms with Gasteiger partial charge in [0.1, 0.15) is 12.4 Å². The number of likely N-dealkylation sites (tertiary alicyclic amines) is 2. The van der Waals surface area contributed by atoms with Gasteiger partial charge in [0.2, 0.25) is 11.8 Å². The Kier molecular flexibility index (Phi) is 3.89. The summed E-state index contributed by atoms with van der Waals surface area (Å²) in [6.07, 6.45) is 8.74. The second-order valence-electron chi connectivity index (χ2n) is 8.12. The highest BCUT2D eigenvalue weighted by molar-refractivity contribution is 5.79. The van der Waals surface area contributed by atoms with Crippen molar-refractivity contribution in [1.29, 1.82) is 0 Å². The minimum Gasteiger partial charge on any atom is -0.337 e. The number of carbonyl (C=O) groups excluding carboxylic acids is 2. The molecule has 0 unspecified atom stereocenters. The van der Waals surface area contributed by atoms with Gasteiger partial charge >= 0.3 is 0 Å². The van der Waals surface area contributed by atoms with Gasteiger partial charge in [-0.2, -0.15) is 0 Å². The smallest absolute Gasteiger partial charge is 0.243 e. The molecule has 1 aliphatic carbocycles. The van der Waals surface area contributed by atoms with Crippen molar-refractivity contribution in [2.45, 2.75) is 77.5 Å². The summed E-state index contributed by atoms with van der Waals surface area (Å²) >= 11 is 0. The molecule has 2 saturated heterocycles. The lowest BCUT2D eigenvalue weighted by atomic mass is 9.66. The second kappa shape index (κ2) is 5.85. The van der Waals surface area contributed by atoms with Crippen molar-refractivity contribution >= 4 is 11.8 Å². The molecule has 3 fully saturated rings. The van der Waals surface area contributed by atoms with E-state index in [2.05, 4.69) is 23.7 Å². The van der Waals surface area contributed by atoms with Crippen LogP contribution in [0.4, 0.5) is 0 Å². The number of piperidine rings is 1. The quantitative estimate of drug-likeness (QED) is 0.841. The van der Waals surface area contributed by atoms with Gasteiger partial charge in [0.05, 0.1) is 6.04 Å². The number of hydrogen-bond donors (Lipinski definition) is 0. The van der Waals surface area contributed by atoms with Gasteiger partial charge in [-0.1, -0.05) is 13.8 Å². The van der Waals surface area contributed by atoms with Gasteiger partial charge < -0.3 is 14.4 Å². The van der Waals surface area contributed by atoms with Crippen molar-refractivity contribution < 1.29 is 9.59 Å². The Hall–Kier alpha value is -1.85. The first kappa shape index (κ1) is 16.6. The Morgan fingerprint density at radius 1 is 1.32 bits per heavy atom. The summed E-state index contributed by atoms with van der Waals surface area (Å²) < 4.78 is 1.97. The molecular formula is C19H28N4O2. The molecule has 0 radical (unpaired) electrons. The molecule has 6 nitrogen and oxygen atoms in total. The van der Waals surface area contributed by atoms with Gasteiger partial charge in [0.15, 0.2) is 0 Å². The standard InChI is InChI=1S/C19H28N4O2/c1-4-17-20-8-9-21(17)12-18(25)23-14-10-19(3)15(6-5-7-16(19)23)22(11-14)13(2)24/h8-9,14-16H,4-7,10-12H2,1-3H3/t14-,15+,16-,19+/m0/s1. The third-order valence-electron chi connectivity index (χ3n) is 6.78. The Bertz CT molecular complexity index is 699. The molecule has 25 heavy (non-hydrogen) atoms. The summed E-state index contributed by atoms with van der Waals surface area (Å²) in [5, 5.41) is 0. The topological polar surface area (TPSA) is 58.4 Å². The van der Waals surface area contributed by atoms with E-state index in [4.69, 9.17) is 0 Å². The molecule has 6 heteroatoms. The second-order valence-corrected chi connectivity index (χ2v) is 8.12. The predicted molar refractivity (Wildman–Crippen MR) is 93.8 cm³/mol. The molecule has 4 rings (SSSR count). The number of amides is 2. The number of aryl methyl sites for hydroxylation is 1. The molecule has 1 aromatic rings. The summed E-state index contributed by atoms with van der Waals surface area (Å²) in [7, 11) is 0. The van der Waals surface area contributed by atoms with Crippen LogP contribution in [-0.4, -0.2) is 55.8 Å². The van der Waals surface area contributed by atoms with Gasteiger partial charge in [0.25, 0.3) is 0 Å². The van der Waals surface area contributed by atoms with Crippen molar-refractivity contribution in [3.8, 4) is 0 Å². The van der Waals surface area contributed by atoms with Crippen LogP contribution in [0.1, 0.15) is 52.3 Å². The summed E-state index contributed by atoms with van der Waals surface area (Å²) in [6.45, 7) is 7.08. The van der Waals surface area contributed by atoms with E-state index in [1.165, 1.54) is 0 Å². The molecule has 1 saturated carbocycles. The summed E-state index contributed by atoms with van der Waals surface area (Å²) in [6, 6.07) is 0.716. The van der Waals surface area contributed by atoms with Crippen LogP contribution in [0, 0.1) is 5.41 Å². The number of hydrogen-bond acceptors (Lipinski definition) is 3. The van der Waals surface area contributed by atoms with Crippen molar-refractivity contribution in [2.24, 2.45) is 5.41 Å².